The Hall–Kier alpha value is 0.0900. The second kappa shape index (κ2) is 4.25. The summed E-state index contributed by atoms with van der Waals surface area (Å²) in [6.07, 6.45) is 3.27. The van der Waals surface area contributed by atoms with Gasteiger partial charge in [0.05, 0.1) is 0 Å². The molecule has 0 aliphatic heterocycles. The van der Waals surface area contributed by atoms with Crippen LogP contribution in [0.3, 0.4) is 0 Å². The third-order valence-electron chi connectivity index (χ3n) is 0.780. The molecule has 41 valence electrons. The second-order valence-electron chi connectivity index (χ2n) is 1.60. The summed E-state index contributed by atoms with van der Waals surface area (Å²) < 4.78 is 0. The summed E-state index contributed by atoms with van der Waals surface area (Å²) in [5, 5.41) is 0. The van der Waals surface area contributed by atoms with Crippen molar-refractivity contribution in [3.05, 3.63) is 11.6 Å². The summed E-state index contributed by atoms with van der Waals surface area (Å²) in [5.41, 5.74) is 1.32. The van der Waals surface area contributed by atoms with Crippen LogP contribution in [0.2, 0.25) is 0 Å². The van der Waals surface area contributed by atoms with Crippen molar-refractivity contribution >= 4 is 12.6 Å². The van der Waals surface area contributed by atoms with Crippen molar-refractivity contribution in [2.24, 2.45) is 0 Å². The Morgan fingerprint density at radius 2 is 2.29 bits per heavy atom. The molecular formula is C6H11S. The van der Waals surface area contributed by atoms with Gasteiger partial charge in [0.1, 0.15) is 0 Å². The molecule has 1 radical (unpaired) electrons. The molecule has 0 spiro atoms. The smallest absolute Gasteiger partial charge is 0.0244 e. The van der Waals surface area contributed by atoms with Crippen molar-refractivity contribution in [1.29, 1.82) is 0 Å². The first-order chi connectivity index (χ1) is 3.31. The molecule has 0 aliphatic rings. The van der Waals surface area contributed by atoms with E-state index in [1.807, 2.05) is 0 Å². The molecule has 0 aromatic rings. The second-order valence-corrected chi connectivity index (χ2v) is 1.89. The van der Waals surface area contributed by atoms with Gasteiger partial charge in [0.2, 0.25) is 0 Å². The minimum Gasteiger partial charge on any atom is -0.0894 e. The van der Waals surface area contributed by atoms with Gasteiger partial charge in [-0.1, -0.05) is 31.2 Å². The van der Waals surface area contributed by atoms with Crippen LogP contribution in [0.5, 0.6) is 0 Å². The van der Waals surface area contributed by atoms with Crippen molar-refractivity contribution in [3.8, 4) is 0 Å². The van der Waals surface area contributed by atoms with Crippen LogP contribution in [-0.4, -0.2) is 5.75 Å². The van der Waals surface area contributed by atoms with Crippen LogP contribution < -0.4 is 0 Å². The van der Waals surface area contributed by atoms with Crippen LogP contribution in [-0.2, 0) is 0 Å². The van der Waals surface area contributed by atoms with E-state index in [1.165, 1.54) is 5.57 Å². The van der Waals surface area contributed by atoms with Crippen LogP contribution in [0, 0.1) is 0 Å². The van der Waals surface area contributed by atoms with Gasteiger partial charge in [-0.3, -0.25) is 0 Å². The van der Waals surface area contributed by atoms with Crippen molar-refractivity contribution < 1.29 is 0 Å². The maximum atomic E-state index is 4.77. The molecule has 0 heterocycles. The fourth-order valence-electron chi connectivity index (χ4n) is 0.407. The molecule has 0 N–H and O–H groups in total. The number of hydrogen-bond donors (Lipinski definition) is 0. The zero-order valence-electron chi connectivity index (χ0n) is 4.90. The Kier molecular flexibility index (Phi) is 4.31. The first-order valence-corrected chi connectivity index (χ1v) is 3.12. The van der Waals surface area contributed by atoms with Gasteiger partial charge in [0.15, 0.2) is 0 Å². The lowest BCUT2D eigenvalue weighted by Crippen LogP contribution is -1.73. The average Bonchev–Trinajstić information content (AvgIpc) is 1.68. The SMILES string of the molecule is CC/C=C(\C)C[S]. The van der Waals surface area contributed by atoms with Crippen LogP contribution in [0.1, 0.15) is 20.3 Å². The summed E-state index contributed by atoms with van der Waals surface area (Å²) in [5.74, 6) is 0.786. The molecule has 0 atom stereocenters. The maximum Gasteiger partial charge on any atom is 0.0244 e. The first-order valence-electron chi connectivity index (χ1n) is 2.55. The molecule has 7 heavy (non-hydrogen) atoms. The molecule has 0 saturated heterocycles. The minimum absolute atomic E-state index is 0.786. The highest BCUT2D eigenvalue weighted by atomic mass is 32.1. The normalized spacial score (nSPS) is 12.1. The van der Waals surface area contributed by atoms with E-state index in [-0.39, 0.29) is 0 Å². The van der Waals surface area contributed by atoms with Gasteiger partial charge in [-0.25, -0.2) is 0 Å². The molecule has 0 aromatic carbocycles. The molecular weight excluding hydrogens is 104 g/mol. The Bertz CT molecular complexity index is 64.6. The van der Waals surface area contributed by atoms with Gasteiger partial charge in [0.25, 0.3) is 0 Å². The first kappa shape index (κ1) is 7.09. The molecule has 0 nitrogen and oxygen atoms in total. The van der Waals surface area contributed by atoms with E-state index in [2.05, 4.69) is 19.9 Å². The summed E-state index contributed by atoms with van der Waals surface area (Å²) >= 11 is 4.77. The van der Waals surface area contributed by atoms with E-state index in [9.17, 15) is 0 Å². The molecule has 1 heteroatoms. The predicted molar refractivity (Wildman–Crippen MR) is 36.5 cm³/mol. The van der Waals surface area contributed by atoms with Crippen molar-refractivity contribution in [2.75, 3.05) is 5.75 Å². The lowest BCUT2D eigenvalue weighted by Gasteiger charge is -1.87. The lowest BCUT2D eigenvalue weighted by atomic mass is 10.3. The Balaban J connectivity index is 3.29. The molecule has 0 rings (SSSR count). The number of allylic oxidation sites excluding steroid dienone is 1. The topological polar surface area (TPSA) is 0 Å². The number of hydrogen-bond acceptors (Lipinski definition) is 0. The minimum atomic E-state index is 0.786. The van der Waals surface area contributed by atoms with Gasteiger partial charge in [-0.15, -0.1) is 0 Å². The molecule has 0 aliphatic carbocycles. The third kappa shape index (κ3) is 3.93. The average molecular weight is 115 g/mol. The standard InChI is InChI=1S/C6H11S/c1-3-4-6(2)5-7/h4H,3,5H2,1-2H3/b6-4+. The fraction of sp³-hybridized carbons (Fsp3) is 0.667. The van der Waals surface area contributed by atoms with E-state index < -0.39 is 0 Å². The zero-order chi connectivity index (χ0) is 5.70. The monoisotopic (exact) mass is 115 g/mol. The van der Waals surface area contributed by atoms with Crippen molar-refractivity contribution in [2.45, 2.75) is 20.3 Å². The molecule has 0 amide bonds. The van der Waals surface area contributed by atoms with E-state index in [0.29, 0.717) is 0 Å². The summed E-state index contributed by atoms with van der Waals surface area (Å²) in [4.78, 5) is 0. The van der Waals surface area contributed by atoms with Gasteiger partial charge in [-0.2, -0.15) is 0 Å². The van der Waals surface area contributed by atoms with E-state index >= 15 is 0 Å². The maximum absolute atomic E-state index is 4.77. The quantitative estimate of drug-likeness (QED) is 0.485. The van der Waals surface area contributed by atoms with Crippen LogP contribution >= 0.6 is 12.6 Å². The lowest BCUT2D eigenvalue weighted by molar-refractivity contribution is 1.18. The largest absolute Gasteiger partial charge is 0.0894 e. The Morgan fingerprint density at radius 1 is 1.71 bits per heavy atom. The van der Waals surface area contributed by atoms with Crippen LogP contribution in [0.15, 0.2) is 11.6 Å². The van der Waals surface area contributed by atoms with Gasteiger partial charge >= 0.3 is 0 Å². The van der Waals surface area contributed by atoms with Crippen molar-refractivity contribution in [3.63, 3.8) is 0 Å². The number of rotatable bonds is 2. The van der Waals surface area contributed by atoms with Crippen molar-refractivity contribution in [1.82, 2.24) is 0 Å². The molecule has 0 aromatic heterocycles. The van der Waals surface area contributed by atoms with Gasteiger partial charge in [-0.05, 0) is 13.3 Å². The molecule has 0 fully saturated rings. The van der Waals surface area contributed by atoms with Crippen LogP contribution in [0.25, 0.3) is 0 Å². The van der Waals surface area contributed by atoms with Gasteiger partial charge in [0, 0.05) is 5.75 Å². The highest BCUT2D eigenvalue weighted by Gasteiger charge is 1.78. The molecule has 0 unspecified atom stereocenters. The highest BCUT2D eigenvalue weighted by molar-refractivity contribution is 7.80. The van der Waals surface area contributed by atoms with E-state index in [0.717, 1.165) is 12.2 Å². The fourth-order valence-corrected chi connectivity index (χ4v) is 0.525. The summed E-state index contributed by atoms with van der Waals surface area (Å²) in [6.45, 7) is 4.19. The third-order valence-corrected chi connectivity index (χ3v) is 1.24. The van der Waals surface area contributed by atoms with Gasteiger partial charge < -0.3 is 0 Å². The predicted octanol–water partition coefficient (Wildman–Crippen LogP) is 2.54. The summed E-state index contributed by atoms with van der Waals surface area (Å²) in [6, 6.07) is 0. The Labute approximate surface area is 51.0 Å². The van der Waals surface area contributed by atoms with Crippen LogP contribution in [0.4, 0.5) is 0 Å². The molecule has 0 bridgehead atoms. The summed E-state index contributed by atoms with van der Waals surface area (Å²) in [7, 11) is 0. The zero-order valence-corrected chi connectivity index (χ0v) is 5.72. The Morgan fingerprint density at radius 3 is 2.43 bits per heavy atom. The molecule has 0 saturated carbocycles. The van der Waals surface area contributed by atoms with E-state index in [4.69, 9.17) is 12.6 Å². The van der Waals surface area contributed by atoms with E-state index in [1.54, 1.807) is 0 Å². The highest BCUT2D eigenvalue weighted by Crippen LogP contribution is 1.95.